The van der Waals surface area contributed by atoms with Gasteiger partial charge in [0.15, 0.2) is 0 Å². The highest BCUT2D eigenvalue weighted by Gasteiger charge is 2.16. The summed E-state index contributed by atoms with van der Waals surface area (Å²) in [6.07, 6.45) is 1.12. The van der Waals surface area contributed by atoms with Crippen LogP contribution in [0, 0.1) is 6.92 Å². The molecule has 1 aromatic heterocycles. The van der Waals surface area contributed by atoms with Gasteiger partial charge >= 0.3 is 0 Å². The van der Waals surface area contributed by atoms with E-state index in [0.29, 0.717) is 0 Å². The number of hydrogen-bond acceptors (Lipinski definition) is 2. The quantitative estimate of drug-likeness (QED) is 0.709. The third-order valence-corrected chi connectivity index (χ3v) is 4.45. The van der Waals surface area contributed by atoms with Crippen molar-refractivity contribution in [3.63, 3.8) is 0 Å². The first-order chi connectivity index (χ1) is 9.78. The molecule has 3 nitrogen and oxygen atoms in total. The third-order valence-electron chi connectivity index (χ3n) is 4.45. The molecule has 3 heteroatoms. The summed E-state index contributed by atoms with van der Waals surface area (Å²) >= 11 is 0. The van der Waals surface area contributed by atoms with Crippen LogP contribution in [0.2, 0.25) is 0 Å². The van der Waals surface area contributed by atoms with E-state index in [4.69, 9.17) is 4.74 Å². The van der Waals surface area contributed by atoms with Gasteiger partial charge in [-0.1, -0.05) is 0 Å². The standard InChI is InChI=1S/C17H18N2O/c1-10-13-5-6-18-9-11(13)7-15-14-4-3-12(20-2)8-16(14)19-17(10)15/h3-4,7-8,18-19H,5-6,9H2,1-2H3. The van der Waals surface area contributed by atoms with Gasteiger partial charge in [0.05, 0.1) is 12.6 Å². The highest BCUT2D eigenvalue weighted by Crippen LogP contribution is 2.34. The molecule has 0 saturated heterocycles. The van der Waals surface area contributed by atoms with Crippen molar-refractivity contribution >= 4 is 21.8 Å². The van der Waals surface area contributed by atoms with Crippen molar-refractivity contribution < 1.29 is 4.74 Å². The van der Waals surface area contributed by atoms with Gasteiger partial charge in [-0.05, 0) is 54.8 Å². The fourth-order valence-corrected chi connectivity index (χ4v) is 3.37. The predicted molar refractivity (Wildman–Crippen MR) is 82.5 cm³/mol. The van der Waals surface area contributed by atoms with E-state index in [1.807, 2.05) is 6.07 Å². The average Bonchev–Trinajstić information content (AvgIpc) is 2.85. The van der Waals surface area contributed by atoms with Crippen molar-refractivity contribution in [2.45, 2.75) is 19.9 Å². The number of nitrogens with one attached hydrogen (secondary N) is 2. The normalized spacial score (nSPS) is 14.7. The molecular weight excluding hydrogens is 248 g/mol. The van der Waals surface area contributed by atoms with Crippen LogP contribution in [0.4, 0.5) is 0 Å². The fourth-order valence-electron chi connectivity index (χ4n) is 3.37. The number of rotatable bonds is 1. The van der Waals surface area contributed by atoms with E-state index in [-0.39, 0.29) is 0 Å². The Morgan fingerprint density at radius 2 is 2.05 bits per heavy atom. The summed E-state index contributed by atoms with van der Waals surface area (Å²) in [5.74, 6) is 0.896. The van der Waals surface area contributed by atoms with Gasteiger partial charge in [0.2, 0.25) is 0 Å². The molecule has 1 aliphatic rings. The van der Waals surface area contributed by atoms with Gasteiger partial charge in [0, 0.05) is 28.9 Å². The maximum Gasteiger partial charge on any atom is 0.120 e. The van der Waals surface area contributed by atoms with Crippen molar-refractivity contribution in [2.24, 2.45) is 0 Å². The van der Waals surface area contributed by atoms with E-state index < -0.39 is 0 Å². The minimum atomic E-state index is 0.896. The minimum Gasteiger partial charge on any atom is -0.497 e. The molecule has 20 heavy (non-hydrogen) atoms. The number of fused-ring (bicyclic) bond motifs is 4. The zero-order chi connectivity index (χ0) is 13.7. The average molecular weight is 266 g/mol. The van der Waals surface area contributed by atoms with Gasteiger partial charge < -0.3 is 15.0 Å². The van der Waals surface area contributed by atoms with Gasteiger partial charge in [0.25, 0.3) is 0 Å². The zero-order valence-corrected chi connectivity index (χ0v) is 11.8. The zero-order valence-electron chi connectivity index (χ0n) is 11.8. The lowest BCUT2D eigenvalue weighted by Crippen LogP contribution is -2.24. The molecule has 2 N–H and O–H groups in total. The first-order valence-corrected chi connectivity index (χ1v) is 7.09. The molecule has 0 spiro atoms. The topological polar surface area (TPSA) is 37.0 Å². The first-order valence-electron chi connectivity index (χ1n) is 7.09. The molecule has 0 atom stereocenters. The summed E-state index contributed by atoms with van der Waals surface area (Å²) in [5, 5.41) is 6.06. The van der Waals surface area contributed by atoms with Crippen LogP contribution >= 0.6 is 0 Å². The van der Waals surface area contributed by atoms with Crippen molar-refractivity contribution in [3.05, 3.63) is 41.0 Å². The minimum absolute atomic E-state index is 0.896. The number of hydrogen-bond donors (Lipinski definition) is 2. The van der Waals surface area contributed by atoms with Gasteiger partial charge in [-0.25, -0.2) is 0 Å². The van der Waals surface area contributed by atoms with Crippen LogP contribution in [-0.4, -0.2) is 18.6 Å². The molecule has 3 aromatic rings. The second-order valence-electron chi connectivity index (χ2n) is 5.53. The van der Waals surface area contributed by atoms with Gasteiger partial charge in [-0.15, -0.1) is 0 Å². The van der Waals surface area contributed by atoms with E-state index in [1.165, 1.54) is 33.0 Å². The second kappa shape index (κ2) is 4.25. The number of aromatic nitrogens is 1. The molecule has 1 aliphatic heterocycles. The predicted octanol–water partition coefficient (Wildman–Crippen LogP) is 3.28. The molecule has 0 aliphatic carbocycles. The summed E-state index contributed by atoms with van der Waals surface area (Å²) in [4.78, 5) is 3.57. The van der Waals surface area contributed by atoms with Crippen molar-refractivity contribution in [1.29, 1.82) is 0 Å². The lowest BCUT2D eigenvalue weighted by molar-refractivity contribution is 0.415. The van der Waals surface area contributed by atoms with Gasteiger partial charge in [0.1, 0.15) is 5.75 Å². The molecule has 0 amide bonds. The highest BCUT2D eigenvalue weighted by molar-refractivity contribution is 6.09. The summed E-state index contributed by atoms with van der Waals surface area (Å²) < 4.78 is 5.32. The Hall–Kier alpha value is -2.00. The molecule has 0 bridgehead atoms. The first kappa shape index (κ1) is 11.8. The molecule has 102 valence electrons. The van der Waals surface area contributed by atoms with E-state index in [0.717, 1.165) is 30.8 Å². The largest absolute Gasteiger partial charge is 0.497 e. The third kappa shape index (κ3) is 1.56. The smallest absolute Gasteiger partial charge is 0.120 e. The lowest BCUT2D eigenvalue weighted by atomic mass is 9.93. The summed E-state index contributed by atoms with van der Waals surface area (Å²) in [5.41, 5.74) is 6.77. The Labute approximate surface area is 117 Å². The molecule has 2 aromatic carbocycles. The Balaban J connectivity index is 2.08. The van der Waals surface area contributed by atoms with Gasteiger partial charge in [-0.2, -0.15) is 0 Å². The molecule has 0 unspecified atom stereocenters. The van der Waals surface area contributed by atoms with Crippen LogP contribution in [0.1, 0.15) is 16.7 Å². The summed E-state index contributed by atoms with van der Waals surface area (Å²) in [7, 11) is 1.71. The number of benzene rings is 2. The maximum atomic E-state index is 5.32. The van der Waals surface area contributed by atoms with Crippen LogP contribution in [0.15, 0.2) is 24.3 Å². The number of aromatic amines is 1. The van der Waals surface area contributed by atoms with E-state index in [1.54, 1.807) is 7.11 Å². The monoisotopic (exact) mass is 266 g/mol. The van der Waals surface area contributed by atoms with Crippen molar-refractivity contribution in [1.82, 2.24) is 10.3 Å². The van der Waals surface area contributed by atoms with Crippen LogP contribution in [-0.2, 0) is 13.0 Å². The SMILES string of the molecule is COc1ccc2c(c1)[nH]c1c(C)c3c(cc12)CNCC3. The second-order valence-corrected chi connectivity index (χ2v) is 5.53. The van der Waals surface area contributed by atoms with E-state index in [2.05, 4.69) is 35.4 Å². The Kier molecular flexibility index (Phi) is 2.51. The summed E-state index contributed by atoms with van der Waals surface area (Å²) in [6.45, 7) is 4.29. The van der Waals surface area contributed by atoms with Crippen LogP contribution in [0.25, 0.3) is 21.8 Å². The Bertz CT molecular complexity index is 817. The Morgan fingerprint density at radius 3 is 2.90 bits per heavy atom. The van der Waals surface area contributed by atoms with Crippen LogP contribution in [0.5, 0.6) is 5.75 Å². The molecule has 0 radical (unpaired) electrons. The van der Waals surface area contributed by atoms with Crippen molar-refractivity contribution in [3.8, 4) is 5.75 Å². The summed E-state index contributed by atoms with van der Waals surface area (Å²) in [6, 6.07) is 8.60. The van der Waals surface area contributed by atoms with Crippen molar-refractivity contribution in [2.75, 3.05) is 13.7 Å². The number of aryl methyl sites for hydroxylation is 1. The molecule has 4 rings (SSSR count). The fraction of sp³-hybridized carbons (Fsp3) is 0.294. The molecule has 0 saturated carbocycles. The number of ether oxygens (including phenoxy) is 1. The molecule has 0 fully saturated rings. The van der Waals surface area contributed by atoms with Crippen LogP contribution in [0.3, 0.4) is 0 Å². The lowest BCUT2D eigenvalue weighted by Gasteiger charge is -2.19. The van der Waals surface area contributed by atoms with Gasteiger partial charge in [-0.3, -0.25) is 0 Å². The molecular formula is C17H18N2O. The highest BCUT2D eigenvalue weighted by atomic mass is 16.5. The maximum absolute atomic E-state index is 5.32. The Morgan fingerprint density at radius 1 is 1.15 bits per heavy atom. The van der Waals surface area contributed by atoms with E-state index in [9.17, 15) is 0 Å². The van der Waals surface area contributed by atoms with E-state index >= 15 is 0 Å². The number of methoxy groups -OCH3 is 1. The number of H-pyrrole nitrogens is 1. The molecule has 2 heterocycles. The van der Waals surface area contributed by atoms with Crippen LogP contribution < -0.4 is 10.1 Å².